The van der Waals surface area contributed by atoms with Crippen LogP contribution in [0, 0.1) is 11.6 Å². The van der Waals surface area contributed by atoms with E-state index in [4.69, 9.17) is 26.2 Å². The summed E-state index contributed by atoms with van der Waals surface area (Å²) in [6, 6.07) is 10.2. The Balaban J connectivity index is 1.57. The van der Waals surface area contributed by atoms with Gasteiger partial charge in [0.25, 0.3) is 5.89 Å². The summed E-state index contributed by atoms with van der Waals surface area (Å²) in [5.74, 6) is -0.323. The van der Waals surface area contributed by atoms with Crippen LogP contribution in [0.2, 0.25) is 0 Å². The number of nitrogens with one attached hydrogen (secondary N) is 1. The molecule has 1 aromatic heterocycles. The molecular weight excluding hydrogens is 474 g/mol. The highest BCUT2D eigenvalue weighted by Gasteiger charge is 2.35. The third kappa shape index (κ3) is 4.63. The van der Waals surface area contributed by atoms with Crippen molar-refractivity contribution in [3.63, 3.8) is 0 Å². The molecule has 2 aliphatic heterocycles. The molecule has 3 heterocycles. The van der Waals surface area contributed by atoms with Gasteiger partial charge in [-0.05, 0) is 67.9 Å². The maximum Gasteiger partial charge on any atom is 0.258 e. The van der Waals surface area contributed by atoms with Crippen LogP contribution in [0.15, 0.2) is 52.7 Å². The Morgan fingerprint density at radius 3 is 2.80 bits per heavy atom. The van der Waals surface area contributed by atoms with E-state index in [1.54, 1.807) is 12.1 Å². The fourth-order valence-corrected chi connectivity index (χ4v) is 4.79. The summed E-state index contributed by atoms with van der Waals surface area (Å²) in [4.78, 5) is 6.51. The predicted molar refractivity (Wildman–Crippen MR) is 129 cm³/mol. The van der Waals surface area contributed by atoms with E-state index in [1.807, 2.05) is 17.9 Å². The molecule has 182 valence electrons. The van der Waals surface area contributed by atoms with Crippen molar-refractivity contribution in [2.75, 3.05) is 20.3 Å². The SMILES string of the molecule is COc1ccc(-c2noc(C3=C(C)N(CC4CCCO4)C(=S)NC3c3cccc(F)c3)n2)cc1F. The lowest BCUT2D eigenvalue weighted by Gasteiger charge is -2.38. The molecule has 5 rings (SSSR count). The predicted octanol–water partition coefficient (Wildman–Crippen LogP) is 4.86. The zero-order valence-electron chi connectivity index (χ0n) is 19.3. The molecule has 0 radical (unpaired) electrons. The van der Waals surface area contributed by atoms with Crippen LogP contribution >= 0.6 is 12.2 Å². The van der Waals surface area contributed by atoms with Gasteiger partial charge in [0.2, 0.25) is 5.82 Å². The number of methoxy groups -OCH3 is 1. The Morgan fingerprint density at radius 1 is 1.23 bits per heavy atom. The summed E-state index contributed by atoms with van der Waals surface area (Å²) < 4.78 is 44.8. The molecule has 0 saturated carbocycles. The van der Waals surface area contributed by atoms with E-state index in [-0.39, 0.29) is 29.4 Å². The van der Waals surface area contributed by atoms with Crippen molar-refractivity contribution in [2.24, 2.45) is 0 Å². The average Bonchev–Trinajstić information content (AvgIpc) is 3.54. The second-order valence-corrected chi connectivity index (χ2v) is 8.84. The van der Waals surface area contributed by atoms with Crippen molar-refractivity contribution in [3.8, 4) is 17.1 Å². The van der Waals surface area contributed by atoms with Gasteiger partial charge in [0.05, 0.1) is 31.4 Å². The Hall–Kier alpha value is -3.37. The van der Waals surface area contributed by atoms with E-state index in [0.717, 1.165) is 25.1 Å². The molecule has 2 aromatic carbocycles. The number of thiocarbonyl (C=S) groups is 1. The monoisotopic (exact) mass is 498 g/mol. The molecule has 10 heteroatoms. The second kappa shape index (κ2) is 9.71. The lowest BCUT2D eigenvalue weighted by molar-refractivity contribution is 0.0962. The lowest BCUT2D eigenvalue weighted by Crippen LogP contribution is -2.48. The highest BCUT2D eigenvalue weighted by molar-refractivity contribution is 7.80. The van der Waals surface area contributed by atoms with Crippen molar-refractivity contribution < 1.29 is 22.8 Å². The maximum absolute atomic E-state index is 14.3. The fraction of sp³-hybridized carbons (Fsp3) is 0.320. The van der Waals surface area contributed by atoms with Gasteiger partial charge in [0, 0.05) is 17.9 Å². The van der Waals surface area contributed by atoms with E-state index in [0.29, 0.717) is 28.4 Å². The van der Waals surface area contributed by atoms with Gasteiger partial charge < -0.3 is 24.2 Å². The van der Waals surface area contributed by atoms with Crippen molar-refractivity contribution >= 4 is 22.9 Å². The van der Waals surface area contributed by atoms with Gasteiger partial charge in [-0.15, -0.1) is 0 Å². The first-order chi connectivity index (χ1) is 16.9. The number of hydrogen-bond acceptors (Lipinski definition) is 6. The summed E-state index contributed by atoms with van der Waals surface area (Å²) in [6.45, 7) is 3.22. The zero-order chi connectivity index (χ0) is 24.5. The first kappa shape index (κ1) is 23.4. The van der Waals surface area contributed by atoms with Crippen LogP contribution in [0.5, 0.6) is 5.75 Å². The van der Waals surface area contributed by atoms with Crippen LogP contribution in [0.3, 0.4) is 0 Å². The Bertz CT molecular complexity index is 1290. The normalized spacial score (nSPS) is 20.3. The molecule has 1 fully saturated rings. The highest BCUT2D eigenvalue weighted by atomic mass is 32.1. The number of nitrogens with zero attached hydrogens (tertiary/aromatic N) is 3. The zero-order valence-corrected chi connectivity index (χ0v) is 20.1. The second-order valence-electron chi connectivity index (χ2n) is 8.45. The number of benzene rings is 2. The Kier molecular flexibility index (Phi) is 6.48. The van der Waals surface area contributed by atoms with E-state index >= 15 is 0 Å². The molecule has 2 atom stereocenters. The number of halogens is 2. The molecular formula is C25H24F2N4O3S. The van der Waals surface area contributed by atoms with Gasteiger partial charge in [0.1, 0.15) is 5.82 Å². The third-order valence-electron chi connectivity index (χ3n) is 6.25. The quantitative estimate of drug-likeness (QED) is 0.483. The van der Waals surface area contributed by atoms with Gasteiger partial charge in [0.15, 0.2) is 16.7 Å². The molecule has 0 bridgehead atoms. The van der Waals surface area contributed by atoms with Crippen LogP contribution in [-0.4, -0.2) is 46.5 Å². The van der Waals surface area contributed by atoms with Crippen molar-refractivity contribution in [2.45, 2.75) is 31.9 Å². The van der Waals surface area contributed by atoms with Gasteiger partial charge in [-0.3, -0.25) is 0 Å². The summed E-state index contributed by atoms with van der Waals surface area (Å²) >= 11 is 5.68. The minimum absolute atomic E-state index is 0.0530. The maximum atomic E-state index is 14.3. The molecule has 2 unspecified atom stereocenters. The number of aromatic nitrogens is 2. The number of hydrogen-bond donors (Lipinski definition) is 1. The van der Waals surface area contributed by atoms with Crippen molar-refractivity contribution in [1.29, 1.82) is 0 Å². The van der Waals surface area contributed by atoms with Crippen molar-refractivity contribution in [1.82, 2.24) is 20.4 Å². The van der Waals surface area contributed by atoms with Gasteiger partial charge >= 0.3 is 0 Å². The van der Waals surface area contributed by atoms with E-state index in [1.165, 1.54) is 31.4 Å². The standard InChI is InChI=1S/C25H24F2N4O3S/c1-14-21(24-29-23(30-34-24)16-8-9-20(32-2)19(27)12-16)22(15-5-3-6-17(26)11-15)28-25(35)31(14)13-18-7-4-10-33-18/h3,5-6,8-9,11-12,18,22H,4,7,10,13H2,1-2H3,(H,28,35). The van der Waals surface area contributed by atoms with Crippen molar-refractivity contribution in [3.05, 3.63) is 71.3 Å². The minimum atomic E-state index is -0.531. The molecule has 0 spiro atoms. The fourth-order valence-electron chi connectivity index (χ4n) is 4.46. The first-order valence-corrected chi connectivity index (χ1v) is 11.7. The van der Waals surface area contributed by atoms with Gasteiger partial charge in [-0.25, -0.2) is 8.78 Å². The Labute approximate surface area is 206 Å². The largest absolute Gasteiger partial charge is 0.494 e. The lowest BCUT2D eigenvalue weighted by atomic mass is 9.94. The molecule has 3 aromatic rings. The topological polar surface area (TPSA) is 72.7 Å². The molecule has 1 N–H and O–H groups in total. The summed E-state index contributed by atoms with van der Waals surface area (Å²) in [7, 11) is 1.40. The summed E-state index contributed by atoms with van der Waals surface area (Å²) in [5.41, 5.74) is 2.56. The highest BCUT2D eigenvalue weighted by Crippen LogP contribution is 2.38. The number of ether oxygens (including phenoxy) is 2. The smallest absolute Gasteiger partial charge is 0.258 e. The van der Waals surface area contributed by atoms with E-state index < -0.39 is 11.9 Å². The third-order valence-corrected chi connectivity index (χ3v) is 6.59. The average molecular weight is 499 g/mol. The summed E-state index contributed by atoms with van der Waals surface area (Å²) in [6.07, 6.45) is 2.01. The van der Waals surface area contributed by atoms with Crippen LogP contribution in [-0.2, 0) is 4.74 Å². The molecule has 7 nitrogen and oxygen atoms in total. The van der Waals surface area contributed by atoms with Crippen LogP contribution in [0.1, 0.15) is 37.3 Å². The van der Waals surface area contributed by atoms with Gasteiger partial charge in [-0.1, -0.05) is 17.3 Å². The minimum Gasteiger partial charge on any atom is -0.494 e. The van der Waals surface area contributed by atoms with Crippen LogP contribution in [0.25, 0.3) is 17.0 Å². The molecule has 1 saturated heterocycles. The molecule has 2 aliphatic rings. The molecule has 0 aliphatic carbocycles. The first-order valence-electron chi connectivity index (χ1n) is 11.3. The van der Waals surface area contributed by atoms with E-state index in [2.05, 4.69) is 15.5 Å². The van der Waals surface area contributed by atoms with E-state index in [9.17, 15) is 8.78 Å². The molecule has 0 amide bonds. The van der Waals surface area contributed by atoms with Crippen LogP contribution < -0.4 is 10.1 Å². The summed E-state index contributed by atoms with van der Waals surface area (Å²) in [5, 5.41) is 7.90. The number of allylic oxidation sites excluding steroid dienone is 1. The molecule has 35 heavy (non-hydrogen) atoms. The Morgan fingerprint density at radius 2 is 2.09 bits per heavy atom. The number of rotatable bonds is 6. The van der Waals surface area contributed by atoms with Gasteiger partial charge in [-0.2, -0.15) is 4.98 Å². The van der Waals surface area contributed by atoms with Crippen LogP contribution in [0.4, 0.5) is 8.78 Å².